The van der Waals surface area contributed by atoms with Crippen LogP contribution in [-0.4, -0.2) is 37.1 Å². The molecule has 0 heterocycles. The van der Waals surface area contributed by atoms with Gasteiger partial charge in [-0.05, 0) is 58.3 Å². The lowest BCUT2D eigenvalue weighted by Crippen LogP contribution is -2.25. The highest BCUT2D eigenvalue weighted by Crippen LogP contribution is 2.18. The predicted octanol–water partition coefficient (Wildman–Crippen LogP) is 3.03. The van der Waals surface area contributed by atoms with Crippen LogP contribution < -0.4 is 5.32 Å². The van der Waals surface area contributed by atoms with Crippen LogP contribution in [0.25, 0.3) is 0 Å². The molecule has 0 bridgehead atoms. The summed E-state index contributed by atoms with van der Waals surface area (Å²) in [6.07, 6.45) is 9.65. The summed E-state index contributed by atoms with van der Waals surface area (Å²) in [7, 11) is 0. The van der Waals surface area contributed by atoms with Gasteiger partial charge in [0.05, 0.1) is 0 Å². The normalized spacial score (nSPS) is 15.9. The fraction of sp³-hybridized carbons (Fsp3) is 1.00. The van der Waals surface area contributed by atoms with Gasteiger partial charge in [0, 0.05) is 6.04 Å². The molecule has 1 fully saturated rings. The Bertz CT molecular complexity index is 155. The Balaban J connectivity index is 1.83. The van der Waals surface area contributed by atoms with E-state index in [-0.39, 0.29) is 0 Å². The fourth-order valence-corrected chi connectivity index (χ4v) is 2.04. The zero-order valence-electron chi connectivity index (χ0n) is 11.3. The molecule has 1 N–H and O–H groups in total. The average Bonchev–Trinajstić information content (AvgIpc) is 3.11. The van der Waals surface area contributed by atoms with Crippen molar-refractivity contribution in [2.75, 3.05) is 26.2 Å². The van der Waals surface area contributed by atoms with E-state index < -0.39 is 0 Å². The van der Waals surface area contributed by atoms with Crippen molar-refractivity contribution < 1.29 is 0 Å². The van der Waals surface area contributed by atoms with Gasteiger partial charge in [0.25, 0.3) is 0 Å². The molecule has 2 heteroatoms. The molecule has 0 radical (unpaired) electrons. The summed E-state index contributed by atoms with van der Waals surface area (Å²) >= 11 is 0. The highest BCUT2D eigenvalue weighted by Gasteiger charge is 2.19. The van der Waals surface area contributed by atoms with Crippen LogP contribution in [0.3, 0.4) is 0 Å². The molecule has 16 heavy (non-hydrogen) atoms. The Hall–Kier alpha value is -0.0800. The highest BCUT2D eigenvalue weighted by atomic mass is 15.1. The van der Waals surface area contributed by atoms with Crippen molar-refractivity contribution in [3.63, 3.8) is 0 Å². The van der Waals surface area contributed by atoms with Crippen molar-refractivity contribution in [2.45, 2.75) is 64.8 Å². The topological polar surface area (TPSA) is 15.3 Å². The van der Waals surface area contributed by atoms with Gasteiger partial charge >= 0.3 is 0 Å². The lowest BCUT2D eigenvalue weighted by molar-refractivity contribution is 0.276. The molecule has 0 spiro atoms. The third-order valence-electron chi connectivity index (χ3n) is 3.44. The van der Waals surface area contributed by atoms with Crippen molar-refractivity contribution in [3.05, 3.63) is 0 Å². The van der Waals surface area contributed by atoms with Crippen molar-refractivity contribution in [1.82, 2.24) is 10.2 Å². The number of hydrogen-bond donors (Lipinski definition) is 1. The maximum Gasteiger partial charge on any atom is 0.00682 e. The van der Waals surface area contributed by atoms with Crippen LogP contribution in [0.5, 0.6) is 0 Å². The second-order valence-corrected chi connectivity index (χ2v) is 5.08. The zero-order chi connectivity index (χ0) is 11.6. The zero-order valence-corrected chi connectivity index (χ0v) is 11.3. The van der Waals surface area contributed by atoms with E-state index in [0.29, 0.717) is 0 Å². The summed E-state index contributed by atoms with van der Waals surface area (Å²) in [4.78, 5) is 2.60. The molecule has 0 aromatic heterocycles. The van der Waals surface area contributed by atoms with E-state index in [0.717, 1.165) is 6.04 Å². The molecule has 1 aliphatic rings. The van der Waals surface area contributed by atoms with E-state index in [2.05, 4.69) is 24.1 Å². The molecule has 0 aromatic rings. The Kier molecular flexibility index (Phi) is 7.87. The second kappa shape index (κ2) is 9.00. The molecular formula is C14H30N2. The van der Waals surface area contributed by atoms with Crippen molar-refractivity contribution in [3.8, 4) is 0 Å². The van der Waals surface area contributed by atoms with Crippen LogP contribution in [-0.2, 0) is 0 Å². The van der Waals surface area contributed by atoms with Crippen molar-refractivity contribution >= 4 is 0 Å². The number of unbranched alkanes of at least 4 members (excludes halogenated alkanes) is 3. The van der Waals surface area contributed by atoms with Crippen LogP contribution in [0.15, 0.2) is 0 Å². The molecule has 2 nitrogen and oxygen atoms in total. The summed E-state index contributed by atoms with van der Waals surface area (Å²) in [6.45, 7) is 9.63. The summed E-state index contributed by atoms with van der Waals surface area (Å²) in [5.74, 6) is 0. The Morgan fingerprint density at radius 1 is 1.00 bits per heavy atom. The first kappa shape index (κ1) is 14.0. The molecule has 0 unspecified atom stereocenters. The van der Waals surface area contributed by atoms with Crippen LogP contribution in [0.2, 0.25) is 0 Å². The molecule has 0 saturated heterocycles. The minimum atomic E-state index is 0.886. The van der Waals surface area contributed by atoms with Gasteiger partial charge in [-0.25, -0.2) is 0 Å². The molecular weight excluding hydrogens is 196 g/mol. The standard InChI is InChI=1S/C14H30N2/c1-3-5-12-16(4-2)13-8-6-7-11-15-14-9-10-14/h14-15H,3-13H2,1-2H3. The van der Waals surface area contributed by atoms with Gasteiger partial charge in [-0.15, -0.1) is 0 Å². The lowest BCUT2D eigenvalue weighted by atomic mass is 10.2. The predicted molar refractivity (Wildman–Crippen MR) is 71.9 cm³/mol. The summed E-state index contributed by atoms with van der Waals surface area (Å²) < 4.78 is 0. The Morgan fingerprint density at radius 2 is 1.75 bits per heavy atom. The SMILES string of the molecule is CCCCN(CC)CCCCCNC1CC1. The fourth-order valence-electron chi connectivity index (χ4n) is 2.04. The Labute approximate surface area is 102 Å². The van der Waals surface area contributed by atoms with Crippen LogP contribution in [0.4, 0.5) is 0 Å². The van der Waals surface area contributed by atoms with Gasteiger partial charge in [-0.3, -0.25) is 0 Å². The molecule has 0 atom stereocenters. The smallest absolute Gasteiger partial charge is 0.00682 e. The van der Waals surface area contributed by atoms with Crippen molar-refractivity contribution in [1.29, 1.82) is 0 Å². The first-order chi connectivity index (χ1) is 7.86. The first-order valence-corrected chi connectivity index (χ1v) is 7.32. The van der Waals surface area contributed by atoms with E-state index in [4.69, 9.17) is 0 Å². The molecule has 0 amide bonds. The quantitative estimate of drug-likeness (QED) is 0.545. The molecule has 0 aromatic carbocycles. The van der Waals surface area contributed by atoms with E-state index >= 15 is 0 Å². The molecule has 0 aliphatic heterocycles. The summed E-state index contributed by atoms with van der Waals surface area (Å²) in [6, 6.07) is 0.886. The van der Waals surface area contributed by atoms with Gasteiger partial charge in [-0.2, -0.15) is 0 Å². The van der Waals surface area contributed by atoms with Gasteiger partial charge < -0.3 is 10.2 Å². The maximum absolute atomic E-state index is 3.58. The molecule has 1 rings (SSSR count). The number of nitrogens with one attached hydrogen (secondary N) is 1. The first-order valence-electron chi connectivity index (χ1n) is 7.32. The van der Waals surface area contributed by atoms with Gasteiger partial charge in [-0.1, -0.05) is 26.7 Å². The minimum Gasteiger partial charge on any atom is -0.314 e. The second-order valence-electron chi connectivity index (χ2n) is 5.08. The van der Waals surface area contributed by atoms with Gasteiger partial charge in [0.15, 0.2) is 0 Å². The third-order valence-corrected chi connectivity index (χ3v) is 3.44. The minimum absolute atomic E-state index is 0.886. The van der Waals surface area contributed by atoms with Crippen molar-refractivity contribution in [2.24, 2.45) is 0 Å². The lowest BCUT2D eigenvalue weighted by Gasteiger charge is -2.19. The monoisotopic (exact) mass is 226 g/mol. The van der Waals surface area contributed by atoms with Crippen LogP contribution >= 0.6 is 0 Å². The number of rotatable bonds is 11. The Morgan fingerprint density at radius 3 is 2.38 bits per heavy atom. The molecule has 96 valence electrons. The van der Waals surface area contributed by atoms with Gasteiger partial charge in [0.1, 0.15) is 0 Å². The van der Waals surface area contributed by atoms with E-state index in [1.54, 1.807) is 0 Å². The largest absolute Gasteiger partial charge is 0.314 e. The average molecular weight is 226 g/mol. The molecule has 1 saturated carbocycles. The van der Waals surface area contributed by atoms with Gasteiger partial charge in [0.2, 0.25) is 0 Å². The van der Waals surface area contributed by atoms with E-state index in [1.807, 2.05) is 0 Å². The number of hydrogen-bond acceptors (Lipinski definition) is 2. The number of nitrogens with zero attached hydrogens (tertiary/aromatic N) is 1. The van der Waals surface area contributed by atoms with E-state index in [9.17, 15) is 0 Å². The summed E-state index contributed by atoms with van der Waals surface area (Å²) in [5.41, 5.74) is 0. The molecule has 1 aliphatic carbocycles. The van der Waals surface area contributed by atoms with Crippen LogP contribution in [0.1, 0.15) is 58.8 Å². The summed E-state index contributed by atoms with van der Waals surface area (Å²) in [5, 5.41) is 3.58. The van der Waals surface area contributed by atoms with E-state index in [1.165, 1.54) is 71.1 Å². The maximum atomic E-state index is 3.58. The highest BCUT2D eigenvalue weighted by molar-refractivity contribution is 4.80. The van der Waals surface area contributed by atoms with Crippen LogP contribution in [0, 0.1) is 0 Å². The third kappa shape index (κ3) is 7.24.